The Kier molecular flexibility index (Phi) is 7.75. The smallest absolute Gasteiger partial charge is 0.278 e. The van der Waals surface area contributed by atoms with Crippen molar-refractivity contribution in [3.63, 3.8) is 0 Å². The molecule has 1 aromatic carbocycles. The molecule has 3 rings (SSSR count). The van der Waals surface area contributed by atoms with E-state index < -0.39 is 5.91 Å². The summed E-state index contributed by atoms with van der Waals surface area (Å²) in [6.07, 6.45) is 10.4. The second-order valence-corrected chi connectivity index (χ2v) is 7.20. The third kappa shape index (κ3) is 6.15. The number of aromatic nitrogens is 3. The maximum absolute atomic E-state index is 12.7. The van der Waals surface area contributed by atoms with E-state index in [-0.39, 0.29) is 11.5 Å². The number of unbranched alkanes of at least 4 members (excludes halogenated alkanes) is 4. The Morgan fingerprint density at radius 1 is 1.10 bits per heavy atom. The van der Waals surface area contributed by atoms with E-state index in [0.29, 0.717) is 23.7 Å². The van der Waals surface area contributed by atoms with E-state index in [1.165, 1.54) is 31.7 Å². The summed E-state index contributed by atoms with van der Waals surface area (Å²) in [5, 5.41) is 2.67. The first kappa shape index (κ1) is 22.0. The molecule has 0 bridgehead atoms. The molecule has 8 nitrogen and oxygen atoms in total. The Morgan fingerprint density at radius 3 is 2.74 bits per heavy atom. The number of nitrogens with two attached hydrogens (primary N) is 2. The predicted molar refractivity (Wildman–Crippen MR) is 123 cm³/mol. The second-order valence-electron chi connectivity index (χ2n) is 7.20. The van der Waals surface area contributed by atoms with Gasteiger partial charge in [-0.2, -0.15) is 0 Å². The minimum absolute atomic E-state index is 0.0167. The molecule has 0 aliphatic carbocycles. The van der Waals surface area contributed by atoms with Gasteiger partial charge in [0, 0.05) is 11.8 Å². The molecule has 3 aromatic rings. The van der Waals surface area contributed by atoms with Crippen LogP contribution in [0.1, 0.15) is 49.5 Å². The Bertz CT molecular complexity index is 1020. The van der Waals surface area contributed by atoms with E-state index in [4.69, 9.17) is 16.2 Å². The molecule has 162 valence electrons. The van der Waals surface area contributed by atoms with Crippen LogP contribution in [0.3, 0.4) is 0 Å². The summed E-state index contributed by atoms with van der Waals surface area (Å²) in [7, 11) is 0. The van der Waals surface area contributed by atoms with Crippen LogP contribution in [0.5, 0.6) is 5.75 Å². The van der Waals surface area contributed by atoms with Crippen molar-refractivity contribution in [2.45, 2.75) is 39.0 Å². The first-order valence-corrected chi connectivity index (χ1v) is 10.4. The standard InChI is InChI=1S/C23H28N6O2/c1-2-3-4-5-6-12-31-17-9-7-8-16(13-17)19-15-27-22(25)21(28-19)23(30)29-20-14-26-11-10-18(20)24/h7-11,13-15H,2-6,12H2,1H3,(H2,24,26)(H2,25,27)(H,29,30). The van der Waals surface area contributed by atoms with Gasteiger partial charge in [0.15, 0.2) is 11.5 Å². The fourth-order valence-corrected chi connectivity index (χ4v) is 3.04. The minimum Gasteiger partial charge on any atom is -0.494 e. The number of benzene rings is 1. The van der Waals surface area contributed by atoms with Crippen LogP contribution < -0.4 is 21.5 Å². The van der Waals surface area contributed by atoms with Gasteiger partial charge in [-0.05, 0) is 24.6 Å². The highest BCUT2D eigenvalue weighted by Gasteiger charge is 2.16. The summed E-state index contributed by atoms with van der Waals surface area (Å²) in [5.74, 6) is 0.273. The molecule has 8 heteroatoms. The molecule has 31 heavy (non-hydrogen) atoms. The minimum atomic E-state index is -0.508. The third-order valence-corrected chi connectivity index (χ3v) is 4.77. The number of ether oxygens (including phenoxy) is 1. The van der Waals surface area contributed by atoms with Crippen LogP contribution in [-0.2, 0) is 0 Å². The van der Waals surface area contributed by atoms with Crippen molar-refractivity contribution in [2.24, 2.45) is 0 Å². The molecule has 5 N–H and O–H groups in total. The van der Waals surface area contributed by atoms with Crippen LogP contribution in [-0.4, -0.2) is 27.5 Å². The van der Waals surface area contributed by atoms with Gasteiger partial charge in [-0.15, -0.1) is 0 Å². The molecule has 0 fully saturated rings. The lowest BCUT2D eigenvalue weighted by Gasteiger charge is -2.11. The Hall–Kier alpha value is -3.68. The number of anilines is 3. The van der Waals surface area contributed by atoms with E-state index in [0.717, 1.165) is 24.2 Å². The zero-order valence-electron chi connectivity index (χ0n) is 17.7. The van der Waals surface area contributed by atoms with Crippen molar-refractivity contribution in [2.75, 3.05) is 23.4 Å². The molecular formula is C23H28N6O2. The van der Waals surface area contributed by atoms with Gasteiger partial charge < -0.3 is 21.5 Å². The molecule has 0 aliphatic heterocycles. The average molecular weight is 421 g/mol. The third-order valence-electron chi connectivity index (χ3n) is 4.77. The largest absolute Gasteiger partial charge is 0.494 e. The zero-order valence-corrected chi connectivity index (χ0v) is 17.7. The van der Waals surface area contributed by atoms with Crippen LogP contribution in [0.25, 0.3) is 11.3 Å². The highest BCUT2D eigenvalue weighted by atomic mass is 16.5. The summed E-state index contributed by atoms with van der Waals surface area (Å²) in [5.41, 5.74) is 13.9. The fraction of sp³-hybridized carbons (Fsp3) is 0.304. The summed E-state index contributed by atoms with van der Waals surface area (Å²) >= 11 is 0. The number of nitrogen functional groups attached to an aromatic ring is 2. The van der Waals surface area contributed by atoms with Crippen molar-refractivity contribution in [3.05, 3.63) is 54.6 Å². The van der Waals surface area contributed by atoms with Crippen LogP contribution >= 0.6 is 0 Å². The van der Waals surface area contributed by atoms with Crippen molar-refractivity contribution >= 4 is 23.1 Å². The number of nitrogens with one attached hydrogen (secondary N) is 1. The van der Waals surface area contributed by atoms with Crippen LogP contribution in [0.15, 0.2) is 48.9 Å². The van der Waals surface area contributed by atoms with Crippen LogP contribution in [0.4, 0.5) is 17.2 Å². The number of hydrogen-bond acceptors (Lipinski definition) is 7. The second kappa shape index (κ2) is 10.9. The number of rotatable bonds is 10. The van der Waals surface area contributed by atoms with E-state index >= 15 is 0 Å². The number of nitrogens with zero attached hydrogens (tertiary/aromatic N) is 3. The first-order valence-electron chi connectivity index (χ1n) is 10.4. The number of amides is 1. The quantitative estimate of drug-likeness (QED) is 0.417. The number of hydrogen-bond donors (Lipinski definition) is 3. The average Bonchev–Trinajstić information content (AvgIpc) is 2.78. The van der Waals surface area contributed by atoms with Gasteiger partial charge in [0.25, 0.3) is 5.91 Å². The van der Waals surface area contributed by atoms with E-state index in [2.05, 4.69) is 27.2 Å². The van der Waals surface area contributed by atoms with Gasteiger partial charge in [0.05, 0.1) is 36.1 Å². The predicted octanol–water partition coefficient (Wildman–Crippen LogP) is 4.30. The molecule has 0 spiro atoms. The molecule has 2 aromatic heterocycles. The molecule has 0 radical (unpaired) electrons. The summed E-state index contributed by atoms with van der Waals surface area (Å²) in [4.78, 5) is 25.2. The van der Waals surface area contributed by atoms with Crippen molar-refractivity contribution < 1.29 is 9.53 Å². The molecule has 0 unspecified atom stereocenters. The topological polar surface area (TPSA) is 129 Å². The Labute approximate surface area is 182 Å². The van der Waals surface area contributed by atoms with E-state index in [1.807, 2.05) is 24.3 Å². The molecule has 0 aliphatic rings. The maximum Gasteiger partial charge on any atom is 0.278 e. The number of carbonyl (C=O) groups is 1. The number of carbonyl (C=O) groups excluding carboxylic acids is 1. The first-order chi connectivity index (χ1) is 15.1. The van der Waals surface area contributed by atoms with E-state index in [9.17, 15) is 4.79 Å². The zero-order chi connectivity index (χ0) is 22.1. The lowest BCUT2D eigenvalue weighted by molar-refractivity contribution is 0.102. The monoisotopic (exact) mass is 420 g/mol. The Morgan fingerprint density at radius 2 is 1.94 bits per heavy atom. The summed E-state index contributed by atoms with van der Waals surface area (Å²) in [6.45, 7) is 2.87. The molecule has 2 heterocycles. The fourth-order valence-electron chi connectivity index (χ4n) is 3.04. The summed E-state index contributed by atoms with van der Waals surface area (Å²) < 4.78 is 5.87. The van der Waals surface area contributed by atoms with Gasteiger partial charge >= 0.3 is 0 Å². The van der Waals surface area contributed by atoms with Gasteiger partial charge in [-0.3, -0.25) is 9.78 Å². The van der Waals surface area contributed by atoms with Crippen molar-refractivity contribution in [3.8, 4) is 17.0 Å². The molecule has 0 saturated carbocycles. The van der Waals surface area contributed by atoms with Crippen molar-refractivity contribution in [1.82, 2.24) is 15.0 Å². The van der Waals surface area contributed by atoms with Crippen LogP contribution in [0, 0.1) is 0 Å². The highest BCUT2D eigenvalue weighted by Crippen LogP contribution is 2.24. The SMILES string of the molecule is CCCCCCCOc1cccc(-c2cnc(N)c(C(=O)Nc3cnccc3N)n2)c1. The van der Waals surface area contributed by atoms with Gasteiger partial charge in [-0.25, -0.2) is 9.97 Å². The van der Waals surface area contributed by atoms with Crippen LogP contribution in [0.2, 0.25) is 0 Å². The molecule has 1 amide bonds. The highest BCUT2D eigenvalue weighted by molar-refractivity contribution is 6.07. The van der Waals surface area contributed by atoms with E-state index in [1.54, 1.807) is 12.3 Å². The lowest BCUT2D eigenvalue weighted by atomic mass is 10.1. The molecule has 0 atom stereocenters. The molecular weight excluding hydrogens is 392 g/mol. The van der Waals surface area contributed by atoms with Gasteiger partial charge in [-0.1, -0.05) is 44.7 Å². The summed E-state index contributed by atoms with van der Waals surface area (Å²) in [6, 6.07) is 9.15. The van der Waals surface area contributed by atoms with Gasteiger partial charge in [0.1, 0.15) is 5.75 Å². The van der Waals surface area contributed by atoms with Gasteiger partial charge in [0.2, 0.25) is 0 Å². The molecule has 0 saturated heterocycles. The lowest BCUT2D eigenvalue weighted by Crippen LogP contribution is -2.18. The normalized spacial score (nSPS) is 10.6. The maximum atomic E-state index is 12.7. The van der Waals surface area contributed by atoms with Crippen molar-refractivity contribution in [1.29, 1.82) is 0 Å². The Balaban J connectivity index is 1.71. The number of pyridine rings is 1.